The minimum absolute atomic E-state index is 0.409. The van der Waals surface area contributed by atoms with E-state index in [2.05, 4.69) is 25.7 Å². The zero-order chi connectivity index (χ0) is 11.6. The summed E-state index contributed by atoms with van der Waals surface area (Å²) in [5.74, 6) is 0.929. The van der Waals surface area contributed by atoms with E-state index in [0.29, 0.717) is 24.4 Å². The highest BCUT2D eigenvalue weighted by atomic mass is 16.1. The van der Waals surface area contributed by atoms with Gasteiger partial charge in [0.05, 0.1) is 6.04 Å². The Balaban J connectivity index is 2.55. The largest absolute Gasteiger partial charge is 0.368 e. The van der Waals surface area contributed by atoms with Crippen molar-refractivity contribution in [2.45, 2.75) is 39.3 Å². The summed E-state index contributed by atoms with van der Waals surface area (Å²) >= 11 is 0. The van der Waals surface area contributed by atoms with Crippen LogP contribution in [0, 0.1) is 11.8 Å². The van der Waals surface area contributed by atoms with Gasteiger partial charge < -0.3 is 11.5 Å². The summed E-state index contributed by atoms with van der Waals surface area (Å²) in [6.07, 6.45) is 1.25. The SMILES string of the molecule is CC1CC(C)C(C)N(CC(N)C(N)=O)C1. The fraction of sp³-hybridized carbons (Fsp3) is 0.909. The fourth-order valence-electron chi connectivity index (χ4n) is 2.42. The monoisotopic (exact) mass is 213 g/mol. The Kier molecular flexibility index (Phi) is 4.11. The number of piperidine rings is 1. The Morgan fingerprint density at radius 3 is 2.60 bits per heavy atom. The average Bonchev–Trinajstić information content (AvgIpc) is 2.13. The van der Waals surface area contributed by atoms with E-state index in [-0.39, 0.29) is 0 Å². The number of nitrogens with two attached hydrogens (primary N) is 2. The highest BCUT2D eigenvalue weighted by molar-refractivity contribution is 5.79. The molecule has 0 saturated carbocycles. The van der Waals surface area contributed by atoms with Gasteiger partial charge >= 0.3 is 0 Å². The maximum Gasteiger partial charge on any atom is 0.235 e. The molecule has 88 valence electrons. The molecule has 1 aliphatic rings. The molecule has 0 aromatic rings. The van der Waals surface area contributed by atoms with E-state index in [4.69, 9.17) is 11.5 Å². The first-order valence-corrected chi connectivity index (χ1v) is 5.70. The van der Waals surface area contributed by atoms with Crippen LogP contribution >= 0.6 is 0 Å². The molecular formula is C11H23N3O. The second kappa shape index (κ2) is 4.94. The molecule has 0 aromatic heterocycles. The topological polar surface area (TPSA) is 72.3 Å². The van der Waals surface area contributed by atoms with Crippen molar-refractivity contribution in [2.24, 2.45) is 23.3 Å². The van der Waals surface area contributed by atoms with Crippen molar-refractivity contribution >= 4 is 5.91 Å². The van der Waals surface area contributed by atoms with Gasteiger partial charge in [-0.1, -0.05) is 13.8 Å². The van der Waals surface area contributed by atoms with Gasteiger partial charge in [-0.3, -0.25) is 9.69 Å². The minimum Gasteiger partial charge on any atom is -0.368 e. The van der Waals surface area contributed by atoms with E-state index >= 15 is 0 Å². The molecule has 4 unspecified atom stereocenters. The number of hydrogen-bond donors (Lipinski definition) is 2. The second-order valence-electron chi connectivity index (χ2n) is 5.02. The van der Waals surface area contributed by atoms with E-state index in [9.17, 15) is 4.79 Å². The zero-order valence-corrected chi connectivity index (χ0v) is 9.94. The average molecular weight is 213 g/mol. The van der Waals surface area contributed by atoms with Gasteiger partial charge in [0, 0.05) is 19.1 Å². The number of amides is 1. The smallest absolute Gasteiger partial charge is 0.235 e. The molecule has 1 heterocycles. The molecule has 1 fully saturated rings. The van der Waals surface area contributed by atoms with Gasteiger partial charge in [-0.15, -0.1) is 0 Å². The number of rotatable bonds is 3. The molecule has 4 heteroatoms. The van der Waals surface area contributed by atoms with Crippen LogP contribution in [0.5, 0.6) is 0 Å². The summed E-state index contributed by atoms with van der Waals surface area (Å²) in [6, 6.07) is -0.0449. The van der Waals surface area contributed by atoms with Crippen molar-refractivity contribution in [3.8, 4) is 0 Å². The van der Waals surface area contributed by atoms with Crippen LogP contribution in [0.4, 0.5) is 0 Å². The van der Waals surface area contributed by atoms with Gasteiger partial charge in [0.15, 0.2) is 0 Å². The van der Waals surface area contributed by atoms with Crippen LogP contribution in [-0.2, 0) is 4.79 Å². The van der Waals surface area contributed by atoms with Gasteiger partial charge in [-0.05, 0) is 25.2 Å². The molecule has 1 aliphatic heterocycles. The Labute approximate surface area is 92.0 Å². The highest BCUT2D eigenvalue weighted by Crippen LogP contribution is 2.26. The van der Waals surface area contributed by atoms with Crippen LogP contribution in [-0.4, -0.2) is 36.0 Å². The summed E-state index contributed by atoms with van der Waals surface area (Å²) in [5.41, 5.74) is 10.9. The third kappa shape index (κ3) is 3.18. The summed E-state index contributed by atoms with van der Waals surface area (Å²) in [5, 5.41) is 0. The zero-order valence-electron chi connectivity index (χ0n) is 9.94. The molecule has 4 atom stereocenters. The Hall–Kier alpha value is -0.610. The van der Waals surface area contributed by atoms with E-state index in [0.717, 1.165) is 6.54 Å². The van der Waals surface area contributed by atoms with Crippen molar-refractivity contribution in [2.75, 3.05) is 13.1 Å². The number of nitrogens with zero attached hydrogens (tertiary/aromatic N) is 1. The second-order valence-corrected chi connectivity index (χ2v) is 5.02. The molecule has 0 aliphatic carbocycles. The lowest BCUT2D eigenvalue weighted by molar-refractivity contribution is -0.120. The molecule has 1 saturated heterocycles. The molecule has 4 nitrogen and oxygen atoms in total. The Morgan fingerprint density at radius 2 is 2.07 bits per heavy atom. The summed E-state index contributed by atoms with van der Waals surface area (Å²) in [7, 11) is 0. The number of carbonyl (C=O) groups excluding carboxylic acids is 1. The van der Waals surface area contributed by atoms with Gasteiger partial charge in [-0.25, -0.2) is 0 Å². The quantitative estimate of drug-likeness (QED) is 0.701. The van der Waals surface area contributed by atoms with Crippen LogP contribution in [0.1, 0.15) is 27.2 Å². The van der Waals surface area contributed by atoms with Crippen molar-refractivity contribution in [3.05, 3.63) is 0 Å². The number of likely N-dealkylation sites (tertiary alicyclic amines) is 1. The lowest BCUT2D eigenvalue weighted by Gasteiger charge is -2.41. The molecule has 0 spiro atoms. The molecule has 0 radical (unpaired) electrons. The highest BCUT2D eigenvalue weighted by Gasteiger charge is 2.30. The normalized spacial score (nSPS) is 35.1. The van der Waals surface area contributed by atoms with E-state index in [1.165, 1.54) is 6.42 Å². The third-order valence-electron chi connectivity index (χ3n) is 3.52. The van der Waals surface area contributed by atoms with Gasteiger partial charge in [0.2, 0.25) is 5.91 Å². The number of hydrogen-bond acceptors (Lipinski definition) is 3. The van der Waals surface area contributed by atoms with E-state index in [1.54, 1.807) is 0 Å². The Morgan fingerprint density at radius 1 is 1.47 bits per heavy atom. The van der Waals surface area contributed by atoms with Crippen molar-refractivity contribution < 1.29 is 4.79 Å². The summed E-state index contributed by atoms with van der Waals surface area (Å²) < 4.78 is 0. The lowest BCUT2D eigenvalue weighted by Crippen LogP contribution is -2.53. The molecule has 1 amide bonds. The summed E-state index contributed by atoms with van der Waals surface area (Å²) in [6.45, 7) is 8.30. The van der Waals surface area contributed by atoms with Crippen molar-refractivity contribution in [1.82, 2.24) is 4.90 Å². The maximum atomic E-state index is 10.9. The van der Waals surface area contributed by atoms with Crippen molar-refractivity contribution in [1.29, 1.82) is 0 Å². The third-order valence-corrected chi connectivity index (χ3v) is 3.52. The number of carbonyl (C=O) groups is 1. The fourth-order valence-corrected chi connectivity index (χ4v) is 2.42. The first-order chi connectivity index (χ1) is 6.91. The van der Waals surface area contributed by atoms with Crippen LogP contribution < -0.4 is 11.5 Å². The predicted octanol–water partition coefficient (Wildman–Crippen LogP) is 0.165. The van der Waals surface area contributed by atoms with Crippen LogP contribution in [0.2, 0.25) is 0 Å². The molecule has 0 bridgehead atoms. The van der Waals surface area contributed by atoms with Crippen LogP contribution in [0.25, 0.3) is 0 Å². The Bertz CT molecular complexity index is 232. The van der Waals surface area contributed by atoms with E-state index < -0.39 is 11.9 Å². The summed E-state index contributed by atoms with van der Waals surface area (Å²) in [4.78, 5) is 13.2. The van der Waals surface area contributed by atoms with Gasteiger partial charge in [0.1, 0.15) is 0 Å². The molecular weight excluding hydrogens is 190 g/mol. The van der Waals surface area contributed by atoms with Crippen molar-refractivity contribution in [3.63, 3.8) is 0 Å². The molecule has 0 aromatic carbocycles. The minimum atomic E-state index is -0.537. The molecule has 4 N–H and O–H groups in total. The first-order valence-electron chi connectivity index (χ1n) is 5.70. The van der Waals surface area contributed by atoms with E-state index in [1.807, 2.05) is 0 Å². The molecule has 15 heavy (non-hydrogen) atoms. The number of primary amides is 1. The van der Waals surface area contributed by atoms with Gasteiger partial charge in [-0.2, -0.15) is 0 Å². The predicted molar refractivity (Wildman–Crippen MR) is 61.1 cm³/mol. The molecule has 1 rings (SSSR count). The maximum absolute atomic E-state index is 10.9. The van der Waals surface area contributed by atoms with Gasteiger partial charge in [0.25, 0.3) is 0 Å². The van der Waals surface area contributed by atoms with Crippen LogP contribution in [0.15, 0.2) is 0 Å². The first kappa shape index (κ1) is 12.5. The lowest BCUT2D eigenvalue weighted by atomic mass is 9.86. The standard InChI is InChI=1S/C11H23N3O/c1-7-4-8(2)9(3)14(5-7)6-10(12)11(13)15/h7-10H,4-6,12H2,1-3H3,(H2,13,15). The van der Waals surface area contributed by atoms with Crippen LogP contribution in [0.3, 0.4) is 0 Å².